The molecule has 0 radical (unpaired) electrons. The molecule has 11 heteroatoms. The number of carbonyl (C=O) groups is 2. The third-order valence-electron chi connectivity index (χ3n) is 7.63. The fourth-order valence-corrected chi connectivity index (χ4v) is 6.63. The number of nitrogens with one attached hydrogen (secondary N) is 1. The standard InChI is InChI=1S/C36H40ClN3O6S/c1-4-5-22-38-36(42)32(23-27-12-8-6-9-13-27)39(25-28-16-18-29(37)19-17-28)35(41)26-40(47(43,44)31-14-10-7-11-15-31)30-20-21-33(45-2)34(24-30)46-3/h6-21,24,32H,4-5,22-23,25-26H2,1-3H3,(H,38,42)/t32-/m1/s1. The second-order valence-electron chi connectivity index (χ2n) is 10.9. The van der Waals surface area contributed by atoms with E-state index in [1.165, 1.54) is 37.3 Å². The van der Waals surface area contributed by atoms with Gasteiger partial charge in [-0.05, 0) is 53.9 Å². The van der Waals surface area contributed by atoms with E-state index >= 15 is 0 Å². The molecule has 0 fully saturated rings. The monoisotopic (exact) mass is 677 g/mol. The van der Waals surface area contributed by atoms with Crippen LogP contribution in [0, 0.1) is 0 Å². The van der Waals surface area contributed by atoms with Gasteiger partial charge >= 0.3 is 0 Å². The molecule has 9 nitrogen and oxygen atoms in total. The van der Waals surface area contributed by atoms with Gasteiger partial charge in [-0.1, -0.05) is 85.6 Å². The topological polar surface area (TPSA) is 105 Å². The van der Waals surface area contributed by atoms with Crippen molar-refractivity contribution in [2.24, 2.45) is 0 Å². The van der Waals surface area contributed by atoms with Gasteiger partial charge in [0.15, 0.2) is 11.5 Å². The maximum atomic E-state index is 14.6. The van der Waals surface area contributed by atoms with E-state index in [1.807, 2.05) is 37.3 Å². The Bertz CT molecular complexity index is 1720. The van der Waals surface area contributed by atoms with Crippen LogP contribution in [-0.4, -0.2) is 58.5 Å². The maximum Gasteiger partial charge on any atom is 0.264 e. The summed E-state index contributed by atoms with van der Waals surface area (Å²) in [5, 5.41) is 3.51. The predicted molar refractivity (Wildman–Crippen MR) is 184 cm³/mol. The molecular weight excluding hydrogens is 638 g/mol. The number of rotatable bonds is 16. The highest BCUT2D eigenvalue weighted by atomic mass is 35.5. The molecule has 47 heavy (non-hydrogen) atoms. The number of hydrogen-bond acceptors (Lipinski definition) is 6. The molecule has 1 N–H and O–H groups in total. The van der Waals surface area contributed by atoms with Gasteiger partial charge in [0.1, 0.15) is 12.6 Å². The first-order valence-electron chi connectivity index (χ1n) is 15.3. The number of amides is 2. The Morgan fingerprint density at radius 2 is 1.47 bits per heavy atom. The van der Waals surface area contributed by atoms with Crippen LogP contribution >= 0.6 is 11.6 Å². The SMILES string of the molecule is CCCCNC(=O)[C@@H](Cc1ccccc1)N(Cc1ccc(Cl)cc1)C(=O)CN(c1ccc(OC)c(OC)c1)S(=O)(=O)c1ccccc1. The molecule has 0 aliphatic heterocycles. The highest BCUT2D eigenvalue weighted by Gasteiger charge is 2.35. The zero-order valence-electron chi connectivity index (χ0n) is 26.8. The van der Waals surface area contributed by atoms with E-state index in [9.17, 15) is 18.0 Å². The number of anilines is 1. The number of methoxy groups -OCH3 is 2. The maximum absolute atomic E-state index is 14.6. The fraction of sp³-hybridized carbons (Fsp3) is 0.278. The van der Waals surface area contributed by atoms with E-state index in [0.717, 1.165) is 28.3 Å². The largest absolute Gasteiger partial charge is 0.493 e. The number of carbonyl (C=O) groups excluding carboxylic acids is 2. The van der Waals surface area contributed by atoms with Crippen molar-refractivity contribution in [2.45, 2.75) is 43.7 Å². The normalized spacial score (nSPS) is 11.7. The molecule has 0 aliphatic rings. The average Bonchev–Trinajstić information content (AvgIpc) is 3.10. The van der Waals surface area contributed by atoms with Crippen molar-refractivity contribution < 1.29 is 27.5 Å². The van der Waals surface area contributed by atoms with Gasteiger partial charge in [-0.25, -0.2) is 8.42 Å². The van der Waals surface area contributed by atoms with Crippen molar-refractivity contribution in [2.75, 3.05) is 31.6 Å². The van der Waals surface area contributed by atoms with Gasteiger partial charge in [-0.2, -0.15) is 0 Å². The number of sulfonamides is 1. The Morgan fingerprint density at radius 3 is 2.09 bits per heavy atom. The lowest BCUT2D eigenvalue weighted by atomic mass is 10.0. The molecular formula is C36H40ClN3O6S. The minimum absolute atomic E-state index is 0.00461. The lowest BCUT2D eigenvalue weighted by molar-refractivity contribution is -0.140. The van der Waals surface area contributed by atoms with Crippen LogP contribution in [0.2, 0.25) is 5.02 Å². The first kappa shape index (κ1) is 35.3. The average molecular weight is 678 g/mol. The highest BCUT2D eigenvalue weighted by Crippen LogP contribution is 2.34. The molecule has 0 aliphatic carbocycles. The van der Waals surface area contributed by atoms with E-state index in [4.69, 9.17) is 21.1 Å². The molecule has 0 saturated heterocycles. The van der Waals surface area contributed by atoms with Gasteiger partial charge in [-0.15, -0.1) is 0 Å². The van der Waals surface area contributed by atoms with Crippen molar-refractivity contribution in [1.82, 2.24) is 10.2 Å². The van der Waals surface area contributed by atoms with Crippen molar-refractivity contribution in [3.05, 3.63) is 119 Å². The lowest BCUT2D eigenvalue weighted by Gasteiger charge is -2.34. The first-order chi connectivity index (χ1) is 22.7. The summed E-state index contributed by atoms with van der Waals surface area (Å²) in [6, 6.07) is 28.0. The van der Waals surface area contributed by atoms with Crippen molar-refractivity contribution in [3.63, 3.8) is 0 Å². The van der Waals surface area contributed by atoms with Crippen LogP contribution < -0.4 is 19.1 Å². The van der Waals surface area contributed by atoms with E-state index in [2.05, 4.69) is 5.32 Å². The summed E-state index contributed by atoms with van der Waals surface area (Å²) in [6.45, 7) is 1.93. The molecule has 0 bridgehead atoms. The molecule has 0 spiro atoms. The minimum atomic E-state index is -4.26. The van der Waals surface area contributed by atoms with Crippen molar-refractivity contribution in [1.29, 1.82) is 0 Å². The zero-order chi connectivity index (χ0) is 33.8. The van der Waals surface area contributed by atoms with Gasteiger partial charge in [-0.3, -0.25) is 13.9 Å². The molecule has 4 aromatic carbocycles. The predicted octanol–water partition coefficient (Wildman–Crippen LogP) is 6.11. The van der Waals surface area contributed by atoms with Crippen LogP contribution in [0.15, 0.2) is 108 Å². The van der Waals surface area contributed by atoms with Gasteiger partial charge in [0, 0.05) is 30.6 Å². The Morgan fingerprint density at radius 1 is 0.830 bits per heavy atom. The van der Waals surface area contributed by atoms with E-state index in [-0.39, 0.29) is 29.5 Å². The molecule has 0 saturated carbocycles. The molecule has 248 valence electrons. The molecule has 0 unspecified atom stereocenters. The Hall–Kier alpha value is -4.54. The smallest absolute Gasteiger partial charge is 0.264 e. The molecule has 1 atom stereocenters. The summed E-state index contributed by atoms with van der Waals surface area (Å²) in [5.41, 5.74) is 1.77. The molecule has 0 aromatic heterocycles. The summed E-state index contributed by atoms with van der Waals surface area (Å²) in [7, 11) is -1.33. The zero-order valence-corrected chi connectivity index (χ0v) is 28.3. The minimum Gasteiger partial charge on any atom is -0.493 e. The number of hydrogen-bond donors (Lipinski definition) is 1. The number of unbranched alkanes of at least 4 members (excludes halogenated alkanes) is 1. The van der Waals surface area contributed by atoms with Gasteiger partial charge in [0.2, 0.25) is 11.8 Å². The van der Waals surface area contributed by atoms with E-state index in [1.54, 1.807) is 54.6 Å². The van der Waals surface area contributed by atoms with E-state index in [0.29, 0.717) is 23.1 Å². The van der Waals surface area contributed by atoms with Gasteiger partial charge in [0.05, 0.1) is 24.8 Å². The van der Waals surface area contributed by atoms with Crippen LogP contribution in [0.4, 0.5) is 5.69 Å². The Kier molecular flexibility index (Phi) is 12.7. The summed E-state index contributed by atoms with van der Waals surface area (Å²) >= 11 is 6.16. The molecule has 2 amide bonds. The first-order valence-corrected chi connectivity index (χ1v) is 17.1. The van der Waals surface area contributed by atoms with Crippen LogP contribution in [0.25, 0.3) is 0 Å². The summed E-state index contributed by atoms with van der Waals surface area (Å²) in [5.74, 6) is -0.203. The highest BCUT2D eigenvalue weighted by molar-refractivity contribution is 7.92. The molecule has 0 heterocycles. The van der Waals surface area contributed by atoms with Gasteiger partial charge < -0.3 is 19.7 Å². The third kappa shape index (κ3) is 9.27. The van der Waals surface area contributed by atoms with Crippen LogP contribution in [-0.2, 0) is 32.6 Å². The van der Waals surface area contributed by atoms with E-state index < -0.39 is 28.5 Å². The summed E-state index contributed by atoms with van der Waals surface area (Å²) in [6.07, 6.45) is 1.88. The number of ether oxygens (including phenoxy) is 2. The third-order valence-corrected chi connectivity index (χ3v) is 9.67. The van der Waals surface area contributed by atoms with Crippen LogP contribution in [0.3, 0.4) is 0 Å². The summed E-state index contributed by atoms with van der Waals surface area (Å²) < 4.78 is 40.3. The molecule has 4 aromatic rings. The van der Waals surface area contributed by atoms with Crippen LogP contribution in [0.5, 0.6) is 11.5 Å². The Balaban J connectivity index is 1.81. The van der Waals surface area contributed by atoms with Crippen molar-refractivity contribution >= 4 is 39.1 Å². The summed E-state index contributed by atoms with van der Waals surface area (Å²) in [4.78, 5) is 29.9. The molecule has 4 rings (SSSR count). The van der Waals surface area contributed by atoms with Gasteiger partial charge in [0.25, 0.3) is 10.0 Å². The number of halogens is 1. The quantitative estimate of drug-likeness (QED) is 0.144. The Labute approximate surface area is 282 Å². The fourth-order valence-electron chi connectivity index (χ4n) is 5.08. The van der Waals surface area contributed by atoms with Crippen LogP contribution in [0.1, 0.15) is 30.9 Å². The lowest BCUT2D eigenvalue weighted by Crippen LogP contribution is -2.53. The van der Waals surface area contributed by atoms with Crippen molar-refractivity contribution in [3.8, 4) is 11.5 Å². The number of nitrogens with zero attached hydrogens (tertiary/aromatic N) is 2. The second kappa shape index (κ2) is 16.9. The number of benzene rings is 4. The second-order valence-corrected chi connectivity index (χ2v) is 13.2.